The molecular weight excluding hydrogens is 335 g/mol. The minimum atomic E-state index is -4.85. The fourth-order valence-electron chi connectivity index (χ4n) is 1.87. The standard InChI is InChI=1S/C15H25N2O6P/c1-5-9-16(14(18)7-3)11-13(23-24(20,21)22)12-17(10-6-2)15(19)8-4/h7-8,11H,3-6,9-10,12H2,1-2H3,(H2,20,21,22)/b13-11+. The largest absolute Gasteiger partial charge is 0.524 e. The monoisotopic (exact) mass is 360 g/mol. The summed E-state index contributed by atoms with van der Waals surface area (Å²) in [5.41, 5.74) is 0. The third-order valence-electron chi connectivity index (χ3n) is 2.78. The number of hydrogen-bond donors (Lipinski definition) is 2. The summed E-state index contributed by atoms with van der Waals surface area (Å²) in [6, 6.07) is 0. The lowest BCUT2D eigenvalue weighted by Gasteiger charge is -2.24. The minimum absolute atomic E-state index is 0.198. The molecule has 2 N–H and O–H groups in total. The lowest BCUT2D eigenvalue weighted by molar-refractivity contribution is -0.126. The Balaban J connectivity index is 5.61. The van der Waals surface area contributed by atoms with E-state index in [2.05, 4.69) is 17.7 Å². The van der Waals surface area contributed by atoms with Crippen LogP contribution in [0.2, 0.25) is 0 Å². The highest BCUT2D eigenvalue weighted by Crippen LogP contribution is 2.39. The molecule has 0 unspecified atom stereocenters. The van der Waals surface area contributed by atoms with E-state index in [0.717, 1.165) is 12.2 Å². The molecule has 0 fully saturated rings. The van der Waals surface area contributed by atoms with Crippen molar-refractivity contribution >= 4 is 19.6 Å². The number of hydrogen-bond acceptors (Lipinski definition) is 4. The van der Waals surface area contributed by atoms with Crippen molar-refractivity contribution in [2.75, 3.05) is 19.6 Å². The zero-order chi connectivity index (χ0) is 18.8. The molecule has 0 heterocycles. The van der Waals surface area contributed by atoms with Crippen LogP contribution in [0, 0.1) is 0 Å². The van der Waals surface area contributed by atoms with Crippen molar-refractivity contribution in [3.63, 3.8) is 0 Å². The topological polar surface area (TPSA) is 107 Å². The van der Waals surface area contributed by atoms with Crippen molar-refractivity contribution in [3.05, 3.63) is 37.3 Å². The lowest BCUT2D eigenvalue weighted by Crippen LogP contribution is -2.33. The number of phosphoric ester groups is 1. The number of carbonyl (C=O) groups excluding carboxylic acids is 2. The number of phosphoric acid groups is 1. The van der Waals surface area contributed by atoms with Crippen LogP contribution < -0.4 is 0 Å². The molecule has 0 aromatic rings. The van der Waals surface area contributed by atoms with E-state index in [1.807, 2.05) is 13.8 Å². The summed E-state index contributed by atoms with van der Waals surface area (Å²) >= 11 is 0. The number of nitrogens with zero attached hydrogens (tertiary/aromatic N) is 2. The van der Waals surface area contributed by atoms with Crippen molar-refractivity contribution in [3.8, 4) is 0 Å². The first kappa shape index (κ1) is 22.1. The van der Waals surface area contributed by atoms with Gasteiger partial charge in [-0.15, -0.1) is 0 Å². The molecule has 0 atom stereocenters. The predicted octanol–water partition coefficient (Wildman–Crippen LogP) is 1.79. The number of carbonyl (C=O) groups is 2. The summed E-state index contributed by atoms with van der Waals surface area (Å²) in [7, 11) is -4.85. The highest BCUT2D eigenvalue weighted by Gasteiger charge is 2.22. The van der Waals surface area contributed by atoms with Crippen molar-refractivity contribution in [1.29, 1.82) is 0 Å². The third kappa shape index (κ3) is 8.67. The van der Waals surface area contributed by atoms with Crippen LogP contribution >= 0.6 is 7.82 Å². The fraction of sp³-hybridized carbons (Fsp3) is 0.467. The quantitative estimate of drug-likeness (QED) is 0.330. The van der Waals surface area contributed by atoms with Crippen LogP contribution in [0.15, 0.2) is 37.3 Å². The molecular formula is C15H25N2O6P. The summed E-state index contributed by atoms with van der Waals surface area (Å²) in [4.78, 5) is 44.3. The van der Waals surface area contributed by atoms with Gasteiger partial charge in [0.05, 0.1) is 6.54 Å². The van der Waals surface area contributed by atoms with E-state index in [1.165, 1.54) is 16.0 Å². The summed E-state index contributed by atoms with van der Waals surface area (Å²) in [6.07, 6.45) is 4.62. The van der Waals surface area contributed by atoms with Gasteiger partial charge in [-0.25, -0.2) is 4.57 Å². The maximum atomic E-state index is 11.8. The lowest BCUT2D eigenvalue weighted by atomic mass is 10.3. The Morgan fingerprint density at radius 3 is 2.04 bits per heavy atom. The van der Waals surface area contributed by atoms with Crippen molar-refractivity contribution in [1.82, 2.24) is 9.80 Å². The van der Waals surface area contributed by atoms with Crippen molar-refractivity contribution in [2.45, 2.75) is 26.7 Å². The van der Waals surface area contributed by atoms with E-state index in [-0.39, 0.29) is 12.3 Å². The van der Waals surface area contributed by atoms with Crippen LogP contribution in [-0.4, -0.2) is 51.0 Å². The van der Waals surface area contributed by atoms with E-state index in [9.17, 15) is 14.2 Å². The Hall–Kier alpha value is -1.89. The van der Waals surface area contributed by atoms with E-state index in [1.54, 1.807) is 0 Å². The van der Waals surface area contributed by atoms with Crippen LogP contribution in [0.1, 0.15) is 26.7 Å². The Morgan fingerprint density at radius 1 is 1.08 bits per heavy atom. The molecule has 0 aliphatic carbocycles. The normalized spacial score (nSPS) is 11.6. The first-order valence-electron chi connectivity index (χ1n) is 7.48. The van der Waals surface area contributed by atoms with Gasteiger partial charge in [0.2, 0.25) is 11.8 Å². The molecule has 0 saturated heterocycles. The second-order valence-electron chi connectivity index (χ2n) is 4.88. The molecule has 0 bridgehead atoms. The molecule has 0 radical (unpaired) electrons. The first-order valence-corrected chi connectivity index (χ1v) is 9.01. The smallest absolute Gasteiger partial charge is 0.405 e. The van der Waals surface area contributed by atoms with E-state index in [0.29, 0.717) is 25.9 Å². The zero-order valence-corrected chi connectivity index (χ0v) is 14.9. The van der Waals surface area contributed by atoms with Gasteiger partial charge >= 0.3 is 7.82 Å². The predicted molar refractivity (Wildman–Crippen MR) is 90.5 cm³/mol. The van der Waals surface area contributed by atoms with Crippen LogP contribution in [0.5, 0.6) is 0 Å². The van der Waals surface area contributed by atoms with Gasteiger partial charge in [-0.1, -0.05) is 27.0 Å². The summed E-state index contributed by atoms with van der Waals surface area (Å²) in [5.74, 6) is -1.05. The van der Waals surface area contributed by atoms with Crippen LogP contribution in [0.3, 0.4) is 0 Å². The molecule has 0 aliphatic rings. The Labute approximate surface area is 142 Å². The highest BCUT2D eigenvalue weighted by atomic mass is 31.2. The van der Waals surface area contributed by atoms with Crippen LogP contribution in [0.25, 0.3) is 0 Å². The zero-order valence-electron chi connectivity index (χ0n) is 14.1. The fourth-order valence-corrected chi connectivity index (χ4v) is 2.28. The molecule has 8 nitrogen and oxygen atoms in total. The molecule has 136 valence electrons. The summed E-state index contributed by atoms with van der Waals surface area (Å²) < 4.78 is 15.8. The van der Waals surface area contributed by atoms with Crippen molar-refractivity contribution < 1.29 is 28.5 Å². The van der Waals surface area contributed by atoms with Gasteiger partial charge < -0.3 is 14.3 Å². The highest BCUT2D eigenvalue weighted by molar-refractivity contribution is 7.46. The van der Waals surface area contributed by atoms with Gasteiger partial charge in [0.15, 0.2) is 0 Å². The van der Waals surface area contributed by atoms with Crippen LogP contribution in [-0.2, 0) is 18.7 Å². The van der Waals surface area contributed by atoms with Crippen molar-refractivity contribution in [2.24, 2.45) is 0 Å². The molecule has 24 heavy (non-hydrogen) atoms. The number of rotatable bonds is 11. The van der Waals surface area contributed by atoms with Gasteiger partial charge in [-0.2, -0.15) is 0 Å². The molecule has 2 amide bonds. The van der Waals surface area contributed by atoms with Gasteiger partial charge in [-0.3, -0.25) is 19.4 Å². The molecule has 0 aliphatic heterocycles. The average molecular weight is 360 g/mol. The van der Waals surface area contributed by atoms with Gasteiger partial charge in [0.1, 0.15) is 5.76 Å². The summed E-state index contributed by atoms with van der Waals surface area (Å²) in [5, 5.41) is 0. The van der Waals surface area contributed by atoms with E-state index >= 15 is 0 Å². The molecule has 0 saturated carbocycles. The summed E-state index contributed by atoms with van der Waals surface area (Å²) in [6.45, 7) is 10.9. The molecule has 9 heteroatoms. The molecule has 0 rings (SSSR count). The Morgan fingerprint density at radius 2 is 1.62 bits per heavy atom. The van der Waals surface area contributed by atoms with Crippen LogP contribution in [0.4, 0.5) is 0 Å². The van der Waals surface area contributed by atoms with Gasteiger partial charge in [0.25, 0.3) is 0 Å². The van der Waals surface area contributed by atoms with E-state index < -0.39 is 19.6 Å². The molecule has 0 aromatic carbocycles. The molecule has 0 aromatic heterocycles. The maximum absolute atomic E-state index is 11.8. The van der Waals surface area contributed by atoms with E-state index in [4.69, 9.17) is 9.79 Å². The maximum Gasteiger partial charge on any atom is 0.524 e. The number of amides is 2. The second kappa shape index (κ2) is 10.8. The SMILES string of the molecule is C=CC(=O)N(/C=C(\CN(CCC)C(=O)C=C)OP(=O)(O)O)CCC. The van der Waals surface area contributed by atoms with Gasteiger partial charge in [0, 0.05) is 19.3 Å². The first-order chi connectivity index (χ1) is 11.2. The second-order valence-corrected chi connectivity index (χ2v) is 6.04. The Kier molecular flexibility index (Phi) is 9.95. The average Bonchev–Trinajstić information content (AvgIpc) is 2.50. The Bertz CT molecular complexity index is 540. The van der Waals surface area contributed by atoms with Gasteiger partial charge in [-0.05, 0) is 25.0 Å². The molecule has 0 spiro atoms. The third-order valence-corrected chi connectivity index (χ3v) is 3.26. The minimum Gasteiger partial charge on any atom is -0.405 e.